The van der Waals surface area contributed by atoms with E-state index < -0.39 is 0 Å². The van der Waals surface area contributed by atoms with Crippen LogP contribution in [0, 0.1) is 6.92 Å². The predicted molar refractivity (Wildman–Crippen MR) is 77.0 cm³/mol. The van der Waals surface area contributed by atoms with E-state index in [4.69, 9.17) is 5.73 Å². The lowest BCUT2D eigenvalue weighted by Crippen LogP contribution is -2.15. The monoisotopic (exact) mass is 264 g/mol. The van der Waals surface area contributed by atoms with E-state index in [0.717, 1.165) is 22.6 Å². The Kier molecular flexibility index (Phi) is 5.55. The smallest absolute Gasteiger partial charge is 0.151 e. The van der Waals surface area contributed by atoms with E-state index >= 15 is 0 Å². The highest BCUT2D eigenvalue weighted by molar-refractivity contribution is 5.85. The van der Waals surface area contributed by atoms with Gasteiger partial charge in [-0.2, -0.15) is 0 Å². The standard InChI is InChI=1S/C13H16N4.ClH/c1-10-9-12(11-5-3-2-4-6-11)16-17-13(10)15-8-7-14;/h2-6,9H,7-8,14H2,1H3,(H,15,17);1H. The van der Waals surface area contributed by atoms with Gasteiger partial charge in [0.05, 0.1) is 5.69 Å². The lowest BCUT2D eigenvalue weighted by Gasteiger charge is -2.07. The first kappa shape index (κ1) is 14.4. The minimum absolute atomic E-state index is 0. The molecule has 96 valence electrons. The molecular formula is C13H17ClN4. The first-order valence-electron chi connectivity index (χ1n) is 5.65. The zero-order chi connectivity index (χ0) is 12.1. The van der Waals surface area contributed by atoms with Crippen LogP contribution < -0.4 is 11.1 Å². The van der Waals surface area contributed by atoms with E-state index in [1.54, 1.807) is 0 Å². The number of nitrogens with zero attached hydrogens (tertiary/aromatic N) is 2. The molecule has 0 aliphatic heterocycles. The van der Waals surface area contributed by atoms with Crippen molar-refractivity contribution in [3.8, 4) is 11.3 Å². The molecule has 0 radical (unpaired) electrons. The van der Waals surface area contributed by atoms with Crippen LogP contribution in [0.2, 0.25) is 0 Å². The lowest BCUT2D eigenvalue weighted by atomic mass is 10.1. The first-order chi connectivity index (χ1) is 8.31. The molecule has 0 saturated carbocycles. The van der Waals surface area contributed by atoms with E-state index in [2.05, 4.69) is 15.5 Å². The minimum Gasteiger partial charge on any atom is -0.367 e. The highest BCUT2D eigenvalue weighted by Crippen LogP contribution is 2.19. The Balaban J connectivity index is 0.00000162. The molecule has 18 heavy (non-hydrogen) atoms. The van der Waals surface area contributed by atoms with Gasteiger partial charge in [0, 0.05) is 18.7 Å². The summed E-state index contributed by atoms with van der Waals surface area (Å²) in [7, 11) is 0. The Morgan fingerprint density at radius 3 is 2.50 bits per heavy atom. The Morgan fingerprint density at radius 2 is 1.89 bits per heavy atom. The second-order valence-electron chi connectivity index (χ2n) is 3.84. The zero-order valence-corrected chi connectivity index (χ0v) is 11.1. The average Bonchev–Trinajstić information content (AvgIpc) is 2.38. The summed E-state index contributed by atoms with van der Waals surface area (Å²) in [6.07, 6.45) is 0. The van der Waals surface area contributed by atoms with Crippen LogP contribution in [-0.4, -0.2) is 23.3 Å². The molecular weight excluding hydrogens is 248 g/mol. The minimum atomic E-state index is 0. The normalized spacial score (nSPS) is 9.67. The van der Waals surface area contributed by atoms with Crippen molar-refractivity contribution < 1.29 is 0 Å². The molecule has 0 aliphatic carbocycles. The maximum Gasteiger partial charge on any atom is 0.151 e. The van der Waals surface area contributed by atoms with Crippen LogP contribution in [0.5, 0.6) is 0 Å². The number of nitrogens with one attached hydrogen (secondary N) is 1. The third-order valence-electron chi connectivity index (χ3n) is 2.49. The molecule has 2 aromatic rings. The van der Waals surface area contributed by atoms with Crippen molar-refractivity contribution >= 4 is 18.2 Å². The van der Waals surface area contributed by atoms with Gasteiger partial charge in [-0.15, -0.1) is 22.6 Å². The van der Waals surface area contributed by atoms with Gasteiger partial charge in [0.15, 0.2) is 5.82 Å². The highest BCUT2D eigenvalue weighted by Gasteiger charge is 2.04. The maximum atomic E-state index is 5.44. The number of hydrogen-bond acceptors (Lipinski definition) is 4. The maximum absolute atomic E-state index is 5.44. The molecule has 0 saturated heterocycles. The molecule has 5 heteroatoms. The largest absolute Gasteiger partial charge is 0.367 e. The first-order valence-corrected chi connectivity index (χ1v) is 5.65. The Morgan fingerprint density at radius 1 is 1.17 bits per heavy atom. The van der Waals surface area contributed by atoms with Crippen molar-refractivity contribution in [1.82, 2.24) is 10.2 Å². The zero-order valence-electron chi connectivity index (χ0n) is 10.3. The Hall–Kier alpha value is -1.65. The summed E-state index contributed by atoms with van der Waals surface area (Å²) in [5.41, 5.74) is 8.48. The third kappa shape index (κ3) is 3.42. The molecule has 1 heterocycles. The van der Waals surface area contributed by atoms with E-state index in [0.29, 0.717) is 13.1 Å². The van der Waals surface area contributed by atoms with Crippen LogP contribution in [0.3, 0.4) is 0 Å². The van der Waals surface area contributed by atoms with E-state index in [1.807, 2.05) is 43.3 Å². The third-order valence-corrected chi connectivity index (χ3v) is 2.49. The molecule has 1 aromatic carbocycles. The molecule has 0 amide bonds. The Labute approximate surface area is 113 Å². The van der Waals surface area contributed by atoms with Crippen LogP contribution in [-0.2, 0) is 0 Å². The summed E-state index contributed by atoms with van der Waals surface area (Å²) in [5.74, 6) is 0.801. The molecule has 0 unspecified atom stereocenters. The topological polar surface area (TPSA) is 63.8 Å². The summed E-state index contributed by atoms with van der Waals surface area (Å²) >= 11 is 0. The van der Waals surface area contributed by atoms with Gasteiger partial charge in [-0.1, -0.05) is 30.3 Å². The second kappa shape index (κ2) is 6.93. The SMILES string of the molecule is Cc1cc(-c2ccccc2)nnc1NCCN.Cl. The lowest BCUT2D eigenvalue weighted by molar-refractivity contribution is 0.964. The van der Waals surface area contributed by atoms with Crippen LogP contribution >= 0.6 is 12.4 Å². The molecule has 0 aliphatic rings. The van der Waals surface area contributed by atoms with Gasteiger partial charge in [-0.05, 0) is 18.6 Å². The number of aryl methyl sites for hydroxylation is 1. The molecule has 0 bridgehead atoms. The number of rotatable bonds is 4. The van der Waals surface area contributed by atoms with Gasteiger partial charge < -0.3 is 11.1 Å². The van der Waals surface area contributed by atoms with Crippen LogP contribution in [0.15, 0.2) is 36.4 Å². The fourth-order valence-electron chi connectivity index (χ4n) is 1.60. The quantitative estimate of drug-likeness (QED) is 0.889. The van der Waals surface area contributed by atoms with Crippen LogP contribution in [0.25, 0.3) is 11.3 Å². The van der Waals surface area contributed by atoms with Gasteiger partial charge in [-0.3, -0.25) is 0 Å². The van der Waals surface area contributed by atoms with Crippen molar-refractivity contribution in [2.75, 3.05) is 18.4 Å². The van der Waals surface area contributed by atoms with E-state index in [1.165, 1.54) is 0 Å². The van der Waals surface area contributed by atoms with Gasteiger partial charge in [0.2, 0.25) is 0 Å². The predicted octanol–water partition coefficient (Wildman–Crippen LogP) is 2.24. The van der Waals surface area contributed by atoms with Gasteiger partial charge in [0.1, 0.15) is 0 Å². The molecule has 4 nitrogen and oxygen atoms in total. The second-order valence-corrected chi connectivity index (χ2v) is 3.84. The summed E-state index contributed by atoms with van der Waals surface area (Å²) in [6, 6.07) is 12.1. The highest BCUT2D eigenvalue weighted by atomic mass is 35.5. The van der Waals surface area contributed by atoms with Crippen LogP contribution in [0.4, 0.5) is 5.82 Å². The average molecular weight is 265 g/mol. The van der Waals surface area contributed by atoms with Crippen molar-refractivity contribution in [3.63, 3.8) is 0 Å². The Bertz CT molecular complexity index is 488. The number of hydrogen-bond donors (Lipinski definition) is 2. The summed E-state index contributed by atoms with van der Waals surface area (Å²) in [6.45, 7) is 3.31. The van der Waals surface area contributed by atoms with Crippen molar-refractivity contribution in [1.29, 1.82) is 0 Å². The molecule has 0 fully saturated rings. The van der Waals surface area contributed by atoms with Crippen LogP contribution in [0.1, 0.15) is 5.56 Å². The summed E-state index contributed by atoms with van der Waals surface area (Å²) in [4.78, 5) is 0. The fraction of sp³-hybridized carbons (Fsp3) is 0.231. The van der Waals surface area contributed by atoms with Gasteiger partial charge >= 0.3 is 0 Å². The molecule has 1 aromatic heterocycles. The summed E-state index contributed by atoms with van der Waals surface area (Å²) in [5, 5.41) is 11.5. The fourth-order valence-corrected chi connectivity index (χ4v) is 1.60. The number of anilines is 1. The van der Waals surface area contributed by atoms with E-state index in [-0.39, 0.29) is 12.4 Å². The molecule has 2 rings (SSSR count). The van der Waals surface area contributed by atoms with Crippen molar-refractivity contribution in [3.05, 3.63) is 42.0 Å². The number of halogens is 1. The van der Waals surface area contributed by atoms with E-state index in [9.17, 15) is 0 Å². The van der Waals surface area contributed by atoms with Gasteiger partial charge in [0.25, 0.3) is 0 Å². The van der Waals surface area contributed by atoms with Crippen molar-refractivity contribution in [2.24, 2.45) is 5.73 Å². The molecule has 3 N–H and O–H groups in total. The summed E-state index contributed by atoms with van der Waals surface area (Å²) < 4.78 is 0. The number of nitrogens with two attached hydrogens (primary N) is 1. The van der Waals surface area contributed by atoms with Crippen molar-refractivity contribution in [2.45, 2.75) is 6.92 Å². The number of aromatic nitrogens is 2. The molecule has 0 atom stereocenters. The number of benzene rings is 1. The molecule has 0 spiro atoms. The van der Waals surface area contributed by atoms with Gasteiger partial charge in [-0.25, -0.2) is 0 Å².